The van der Waals surface area contributed by atoms with Crippen molar-refractivity contribution < 1.29 is 9.53 Å². The van der Waals surface area contributed by atoms with Crippen molar-refractivity contribution in [3.63, 3.8) is 0 Å². The van der Waals surface area contributed by atoms with Gasteiger partial charge in [-0.05, 0) is 71.4 Å². The number of nitrogens with zero attached hydrogens (tertiary/aromatic N) is 1. The van der Waals surface area contributed by atoms with E-state index in [4.69, 9.17) is 10.5 Å². The van der Waals surface area contributed by atoms with Gasteiger partial charge < -0.3 is 15.8 Å². The van der Waals surface area contributed by atoms with Gasteiger partial charge in [0.2, 0.25) is 0 Å². The number of carbonyl (C=O) groups excluding carboxylic acids is 1. The number of ether oxygens (including phenoxy) is 1. The van der Waals surface area contributed by atoms with Crippen molar-refractivity contribution in [2.24, 2.45) is 11.1 Å². The van der Waals surface area contributed by atoms with E-state index in [2.05, 4.69) is 10.2 Å². The first-order valence-corrected chi connectivity index (χ1v) is 9.25. The third-order valence-electron chi connectivity index (χ3n) is 5.46. The van der Waals surface area contributed by atoms with E-state index in [1.54, 1.807) is 0 Å². The molecule has 0 radical (unpaired) electrons. The fourth-order valence-corrected chi connectivity index (χ4v) is 4.09. The van der Waals surface area contributed by atoms with E-state index in [0.717, 1.165) is 19.5 Å². The first kappa shape index (κ1) is 18.5. The summed E-state index contributed by atoms with van der Waals surface area (Å²) in [4.78, 5) is 14.2. The van der Waals surface area contributed by atoms with Crippen LogP contribution in [0.4, 0.5) is 4.79 Å². The second-order valence-corrected chi connectivity index (χ2v) is 8.35. The zero-order valence-corrected chi connectivity index (χ0v) is 15.2. The highest BCUT2D eigenvalue weighted by Crippen LogP contribution is 2.46. The molecule has 1 amide bonds. The number of alkyl carbamates (subject to hydrolysis) is 1. The van der Waals surface area contributed by atoms with E-state index in [1.165, 1.54) is 38.5 Å². The van der Waals surface area contributed by atoms with Crippen molar-refractivity contribution in [1.29, 1.82) is 0 Å². The van der Waals surface area contributed by atoms with E-state index in [0.29, 0.717) is 24.5 Å². The minimum atomic E-state index is -0.445. The lowest BCUT2D eigenvalue weighted by Crippen LogP contribution is -2.48. The number of piperidine rings is 1. The van der Waals surface area contributed by atoms with Gasteiger partial charge in [0.15, 0.2) is 0 Å². The zero-order valence-electron chi connectivity index (χ0n) is 15.2. The molecule has 0 aromatic carbocycles. The van der Waals surface area contributed by atoms with Crippen molar-refractivity contribution in [2.75, 3.05) is 26.2 Å². The molecule has 0 aromatic heterocycles. The molecular weight excluding hydrogens is 290 g/mol. The summed E-state index contributed by atoms with van der Waals surface area (Å²) in [5, 5.41) is 2.85. The van der Waals surface area contributed by atoms with Gasteiger partial charge in [0.05, 0.1) is 0 Å². The molecule has 1 saturated carbocycles. The number of nitrogens with two attached hydrogens (primary N) is 1. The van der Waals surface area contributed by atoms with Crippen LogP contribution in [0.5, 0.6) is 0 Å². The molecule has 5 heteroatoms. The van der Waals surface area contributed by atoms with Crippen LogP contribution in [0.2, 0.25) is 0 Å². The number of likely N-dealkylation sites (tertiary alicyclic amines) is 1. The van der Waals surface area contributed by atoms with Gasteiger partial charge in [-0.15, -0.1) is 0 Å². The third-order valence-corrected chi connectivity index (χ3v) is 5.46. The molecule has 1 spiro atoms. The molecule has 1 aliphatic carbocycles. The topological polar surface area (TPSA) is 67.6 Å². The van der Waals surface area contributed by atoms with E-state index >= 15 is 0 Å². The van der Waals surface area contributed by atoms with E-state index in [1.807, 2.05) is 20.8 Å². The van der Waals surface area contributed by atoms with Crippen molar-refractivity contribution in [3.05, 3.63) is 0 Å². The van der Waals surface area contributed by atoms with Gasteiger partial charge in [-0.2, -0.15) is 0 Å². The van der Waals surface area contributed by atoms with Crippen molar-refractivity contribution >= 4 is 6.09 Å². The number of nitrogens with one attached hydrogen (secondary N) is 1. The van der Waals surface area contributed by atoms with Gasteiger partial charge in [0, 0.05) is 19.1 Å². The molecule has 2 rings (SSSR count). The minimum Gasteiger partial charge on any atom is -0.444 e. The Balaban J connectivity index is 1.70. The average molecular weight is 325 g/mol. The van der Waals surface area contributed by atoms with Gasteiger partial charge in [-0.25, -0.2) is 4.79 Å². The molecule has 23 heavy (non-hydrogen) atoms. The van der Waals surface area contributed by atoms with Crippen molar-refractivity contribution in [3.8, 4) is 0 Å². The normalized spacial score (nSPS) is 23.0. The fraction of sp³-hybridized carbons (Fsp3) is 0.944. The van der Waals surface area contributed by atoms with Crippen LogP contribution in [-0.4, -0.2) is 48.8 Å². The fourth-order valence-electron chi connectivity index (χ4n) is 4.09. The Morgan fingerprint density at radius 2 is 1.83 bits per heavy atom. The Labute approximate surface area is 141 Å². The Morgan fingerprint density at radius 1 is 1.22 bits per heavy atom. The van der Waals surface area contributed by atoms with Crippen molar-refractivity contribution in [1.82, 2.24) is 10.2 Å². The largest absolute Gasteiger partial charge is 0.444 e. The molecule has 0 aromatic rings. The Bertz CT molecular complexity index is 376. The lowest BCUT2D eigenvalue weighted by molar-refractivity contribution is 0.0508. The molecule has 0 bridgehead atoms. The zero-order chi connectivity index (χ0) is 16.9. The van der Waals surface area contributed by atoms with Gasteiger partial charge in [0.25, 0.3) is 0 Å². The molecule has 1 aliphatic heterocycles. The maximum Gasteiger partial charge on any atom is 0.407 e. The SMILES string of the molecule is CC(C)(C)OC(=O)NCCC(CN)N1CCC2(CCCC2)CC1. The first-order chi connectivity index (χ1) is 10.8. The molecule has 1 heterocycles. The molecule has 5 nitrogen and oxygen atoms in total. The van der Waals surface area contributed by atoms with Gasteiger partial charge >= 0.3 is 6.09 Å². The average Bonchev–Trinajstić information content (AvgIpc) is 2.91. The van der Waals surface area contributed by atoms with E-state index in [9.17, 15) is 4.79 Å². The van der Waals surface area contributed by atoms with Gasteiger partial charge in [-0.1, -0.05) is 12.8 Å². The summed E-state index contributed by atoms with van der Waals surface area (Å²) in [6, 6.07) is 0.365. The minimum absolute atomic E-state index is 0.336. The number of hydrogen-bond donors (Lipinski definition) is 2. The number of hydrogen-bond acceptors (Lipinski definition) is 4. The maximum absolute atomic E-state index is 11.7. The molecule has 1 atom stereocenters. The lowest BCUT2D eigenvalue weighted by Gasteiger charge is -2.42. The predicted octanol–water partition coefficient (Wildman–Crippen LogP) is 2.88. The Hall–Kier alpha value is -0.810. The smallest absolute Gasteiger partial charge is 0.407 e. The first-order valence-electron chi connectivity index (χ1n) is 9.25. The number of carbonyl (C=O) groups is 1. The summed E-state index contributed by atoms with van der Waals surface area (Å²) in [5.41, 5.74) is 6.18. The van der Waals surface area contributed by atoms with Crippen LogP contribution in [0.25, 0.3) is 0 Å². The number of rotatable bonds is 5. The predicted molar refractivity (Wildman–Crippen MR) is 93.4 cm³/mol. The number of amides is 1. The lowest BCUT2D eigenvalue weighted by atomic mass is 9.76. The van der Waals surface area contributed by atoms with Gasteiger partial charge in [0.1, 0.15) is 5.60 Å². The molecular formula is C18H35N3O2. The highest BCUT2D eigenvalue weighted by Gasteiger charge is 2.38. The highest BCUT2D eigenvalue weighted by atomic mass is 16.6. The second-order valence-electron chi connectivity index (χ2n) is 8.35. The maximum atomic E-state index is 11.7. The molecule has 1 saturated heterocycles. The molecule has 1 unspecified atom stereocenters. The highest BCUT2D eigenvalue weighted by molar-refractivity contribution is 5.67. The van der Waals surface area contributed by atoms with Crippen LogP contribution in [0.15, 0.2) is 0 Å². The van der Waals surface area contributed by atoms with Crippen LogP contribution in [0.3, 0.4) is 0 Å². The molecule has 2 fully saturated rings. The summed E-state index contributed by atoms with van der Waals surface area (Å²) >= 11 is 0. The van der Waals surface area contributed by atoms with Crippen LogP contribution in [0, 0.1) is 5.41 Å². The van der Waals surface area contributed by atoms with Crippen LogP contribution < -0.4 is 11.1 Å². The Kier molecular flexibility index (Phi) is 6.32. The summed E-state index contributed by atoms with van der Waals surface area (Å²) in [6.07, 6.45) is 8.88. The van der Waals surface area contributed by atoms with E-state index < -0.39 is 5.60 Å². The van der Waals surface area contributed by atoms with Gasteiger partial charge in [-0.3, -0.25) is 4.90 Å². The summed E-state index contributed by atoms with van der Waals surface area (Å²) < 4.78 is 5.27. The summed E-state index contributed by atoms with van der Waals surface area (Å²) in [5.74, 6) is 0. The molecule has 3 N–H and O–H groups in total. The standard InChI is InChI=1S/C18H35N3O2/c1-17(2,3)23-16(22)20-11-6-15(14-19)21-12-9-18(10-13-21)7-4-5-8-18/h15H,4-14,19H2,1-3H3,(H,20,22). The van der Waals surface area contributed by atoms with Crippen molar-refractivity contribution in [2.45, 2.75) is 77.4 Å². The van der Waals surface area contributed by atoms with E-state index in [-0.39, 0.29) is 6.09 Å². The quantitative estimate of drug-likeness (QED) is 0.815. The summed E-state index contributed by atoms with van der Waals surface area (Å²) in [6.45, 7) is 9.23. The molecule has 2 aliphatic rings. The van der Waals surface area contributed by atoms with Crippen LogP contribution in [-0.2, 0) is 4.74 Å². The van der Waals surface area contributed by atoms with Crippen LogP contribution >= 0.6 is 0 Å². The monoisotopic (exact) mass is 325 g/mol. The summed E-state index contributed by atoms with van der Waals surface area (Å²) in [7, 11) is 0. The second kappa shape index (κ2) is 7.84. The third kappa shape index (κ3) is 5.64. The molecule has 134 valence electrons. The van der Waals surface area contributed by atoms with Crippen LogP contribution in [0.1, 0.15) is 65.7 Å². The Morgan fingerprint density at radius 3 is 2.35 bits per heavy atom.